The van der Waals surface area contributed by atoms with Gasteiger partial charge in [-0.3, -0.25) is 0 Å². The minimum absolute atomic E-state index is 0.546. The molecule has 0 aliphatic carbocycles. The minimum atomic E-state index is 0.546. The van der Waals surface area contributed by atoms with Crippen LogP contribution in [0.15, 0.2) is 24.3 Å². The first-order chi connectivity index (χ1) is 8.67. The van der Waals surface area contributed by atoms with Crippen LogP contribution in [-0.2, 0) is 19.9 Å². The maximum absolute atomic E-state index is 6.22. The van der Waals surface area contributed by atoms with E-state index in [4.69, 9.17) is 17.3 Å². The number of nitrogens with zero attached hydrogens (tertiary/aromatic N) is 2. The maximum Gasteiger partial charge on any atom is 0.155 e. The summed E-state index contributed by atoms with van der Waals surface area (Å²) in [6.07, 6.45) is 1.78. The van der Waals surface area contributed by atoms with Crippen LogP contribution in [0.1, 0.15) is 18.3 Å². The summed E-state index contributed by atoms with van der Waals surface area (Å²) in [6.45, 7) is 2.72. The smallest absolute Gasteiger partial charge is 0.155 e. The van der Waals surface area contributed by atoms with Gasteiger partial charge in [-0.15, -0.1) is 0 Å². The Hall–Kier alpha value is -1.32. The summed E-state index contributed by atoms with van der Waals surface area (Å²) in [6, 6.07) is 8.43. The van der Waals surface area contributed by atoms with Crippen molar-refractivity contribution in [2.24, 2.45) is 12.8 Å². The molecule has 96 valence electrons. The number of hydrogen-bond acceptors (Lipinski definition) is 2. The van der Waals surface area contributed by atoms with Crippen molar-refractivity contribution in [1.82, 2.24) is 9.55 Å². The highest BCUT2D eigenvalue weighted by Gasteiger charge is 2.14. The van der Waals surface area contributed by atoms with Crippen molar-refractivity contribution in [3.05, 3.63) is 40.8 Å². The molecule has 0 aliphatic rings. The molecule has 2 aromatic rings. The number of halogens is 1. The van der Waals surface area contributed by atoms with Crippen LogP contribution >= 0.6 is 11.6 Å². The van der Waals surface area contributed by atoms with E-state index in [0.29, 0.717) is 11.7 Å². The van der Waals surface area contributed by atoms with Gasteiger partial charge in [-0.05, 0) is 18.5 Å². The van der Waals surface area contributed by atoms with Crippen LogP contribution in [0.5, 0.6) is 0 Å². The lowest BCUT2D eigenvalue weighted by Crippen LogP contribution is -2.08. The van der Waals surface area contributed by atoms with E-state index < -0.39 is 0 Å². The fourth-order valence-corrected chi connectivity index (χ4v) is 2.41. The number of aromatic nitrogens is 2. The molecule has 1 heterocycles. The molecule has 3 nitrogen and oxygen atoms in total. The van der Waals surface area contributed by atoms with Gasteiger partial charge in [-0.2, -0.15) is 0 Å². The summed E-state index contributed by atoms with van der Waals surface area (Å²) in [5.74, 6) is 0.928. The van der Waals surface area contributed by atoms with Gasteiger partial charge in [-0.1, -0.05) is 42.8 Å². The van der Waals surface area contributed by atoms with Crippen molar-refractivity contribution in [3.63, 3.8) is 0 Å². The first kappa shape index (κ1) is 13.1. The number of benzene rings is 1. The van der Waals surface area contributed by atoms with E-state index in [1.165, 1.54) is 5.56 Å². The average Bonchev–Trinajstić information content (AvgIpc) is 2.65. The average molecular weight is 264 g/mol. The zero-order valence-corrected chi connectivity index (χ0v) is 11.5. The van der Waals surface area contributed by atoms with Gasteiger partial charge in [0, 0.05) is 19.0 Å². The molecule has 1 aromatic carbocycles. The van der Waals surface area contributed by atoms with E-state index in [0.717, 1.165) is 29.9 Å². The minimum Gasteiger partial charge on any atom is -0.330 e. The fraction of sp³-hybridized carbons (Fsp3) is 0.357. The van der Waals surface area contributed by atoms with Gasteiger partial charge in [0.15, 0.2) is 5.15 Å². The van der Waals surface area contributed by atoms with Crippen LogP contribution in [0, 0.1) is 0 Å². The van der Waals surface area contributed by atoms with Crippen LogP contribution < -0.4 is 5.73 Å². The Morgan fingerprint density at radius 2 is 1.94 bits per heavy atom. The number of rotatable bonds is 4. The first-order valence-corrected chi connectivity index (χ1v) is 6.55. The molecule has 0 fully saturated rings. The molecule has 2 rings (SSSR count). The topological polar surface area (TPSA) is 43.8 Å². The third-order valence-electron chi connectivity index (χ3n) is 3.15. The summed E-state index contributed by atoms with van der Waals surface area (Å²) in [5, 5.41) is 0.546. The largest absolute Gasteiger partial charge is 0.330 e. The van der Waals surface area contributed by atoms with Crippen molar-refractivity contribution >= 4 is 11.6 Å². The molecule has 0 unspecified atom stereocenters. The number of hydrogen-bond donors (Lipinski definition) is 1. The molecule has 0 atom stereocenters. The van der Waals surface area contributed by atoms with Gasteiger partial charge in [0.2, 0.25) is 0 Å². The summed E-state index contributed by atoms with van der Waals surface area (Å²) in [7, 11) is 1.98. The Bertz CT molecular complexity index is 529. The molecular formula is C14H18ClN3. The van der Waals surface area contributed by atoms with Crippen molar-refractivity contribution < 1.29 is 0 Å². The SMILES string of the molecule is CCc1ccc(-c2c(Cl)nc(CCN)n2C)cc1. The predicted molar refractivity (Wildman–Crippen MR) is 75.8 cm³/mol. The zero-order valence-electron chi connectivity index (χ0n) is 10.8. The van der Waals surface area contributed by atoms with Crippen LogP contribution in [0.3, 0.4) is 0 Å². The van der Waals surface area contributed by atoms with E-state index in [-0.39, 0.29) is 0 Å². The summed E-state index contributed by atoms with van der Waals surface area (Å²) in [5.41, 5.74) is 8.94. The molecule has 0 saturated carbocycles. The lowest BCUT2D eigenvalue weighted by atomic mass is 10.1. The lowest BCUT2D eigenvalue weighted by Gasteiger charge is -2.06. The van der Waals surface area contributed by atoms with Crippen LogP contribution in [0.4, 0.5) is 0 Å². The first-order valence-electron chi connectivity index (χ1n) is 6.17. The Balaban J connectivity index is 2.43. The van der Waals surface area contributed by atoms with E-state index in [2.05, 4.69) is 36.2 Å². The number of nitrogens with two attached hydrogens (primary N) is 1. The molecular weight excluding hydrogens is 246 g/mol. The van der Waals surface area contributed by atoms with E-state index in [1.807, 2.05) is 11.6 Å². The molecule has 1 aromatic heterocycles. The van der Waals surface area contributed by atoms with Gasteiger partial charge in [-0.25, -0.2) is 4.98 Å². The molecule has 0 radical (unpaired) electrons. The van der Waals surface area contributed by atoms with Crippen molar-refractivity contribution in [1.29, 1.82) is 0 Å². The second-order valence-electron chi connectivity index (χ2n) is 4.32. The summed E-state index contributed by atoms with van der Waals surface area (Å²) in [4.78, 5) is 4.37. The Kier molecular flexibility index (Phi) is 4.04. The molecule has 0 saturated heterocycles. The normalized spacial score (nSPS) is 10.9. The quantitative estimate of drug-likeness (QED) is 0.922. The second-order valence-corrected chi connectivity index (χ2v) is 4.67. The standard InChI is InChI=1S/C14H18ClN3/c1-3-10-4-6-11(7-5-10)13-14(15)17-12(8-9-16)18(13)2/h4-7H,3,8-9,16H2,1-2H3. The van der Waals surface area contributed by atoms with Gasteiger partial charge in [0.25, 0.3) is 0 Å². The Morgan fingerprint density at radius 1 is 1.28 bits per heavy atom. The van der Waals surface area contributed by atoms with Gasteiger partial charge >= 0.3 is 0 Å². The van der Waals surface area contributed by atoms with Gasteiger partial charge in [0.05, 0.1) is 5.69 Å². The highest BCUT2D eigenvalue weighted by Crippen LogP contribution is 2.28. The summed E-state index contributed by atoms with van der Waals surface area (Å²) < 4.78 is 2.02. The molecule has 2 N–H and O–H groups in total. The maximum atomic E-state index is 6.22. The molecule has 0 spiro atoms. The Morgan fingerprint density at radius 3 is 2.50 bits per heavy atom. The fourth-order valence-electron chi connectivity index (χ4n) is 2.07. The Labute approximate surface area is 113 Å². The predicted octanol–water partition coefficient (Wildman–Crippen LogP) is 2.80. The third-order valence-corrected chi connectivity index (χ3v) is 3.41. The zero-order chi connectivity index (χ0) is 13.1. The molecule has 0 bridgehead atoms. The van der Waals surface area contributed by atoms with Crippen LogP contribution in [0.25, 0.3) is 11.3 Å². The van der Waals surface area contributed by atoms with Crippen molar-refractivity contribution in [3.8, 4) is 11.3 Å². The highest BCUT2D eigenvalue weighted by atomic mass is 35.5. The van der Waals surface area contributed by atoms with E-state index >= 15 is 0 Å². The lowest BCUT2D eigenvalue weighted by molar-refractivity contribution is 0.782. The van der Waals surface area contributed by atoms with Gasteiger partial charge < -0.3 is 10.3 Å². The van der Waals surface area contributed by atoms with Gasteiger partial charge in [0.1, 0.15) is 5.82 Å². The second kappa shape index (κ2) is 5.55. The van der Waals surface area contributed by atoms with Crippen LogP contribution in [-0.4, -0.2) is 16.1 Å². The highest BCUT2D eigenvalue weighted by molar-refractivity contribution is 6.32. The van der Waals surface area contributed by atoms with E-state index in [9.17, 15) is 0 Å². The molecule has 0 aliphatic heterocycles. The third kappa shape index (κ3) is 2.42. The number of aryl methyl sites for hydroxylation is 1. The summed E-state index contributed by atoms with van der Waals surface area (Å²) >= 11 is 6.22. The number of imidazole rings is 1. The van der Waals surface area contributed by atoms with Crippen molar-refractivity contribution in [2.75, 3.05) is 6.54 Å². The molecule has 18 heavy (non-hydrogen) atoms. The van der Waals surface area contributed by atoms with Crippen LogP contribution in [0.2, 0.25) is 5.15 Å². The monoisotopic (exact) mass is 263 g/mol. The van der Waals surface area contributed by atoms with Crippen molar-refractivity contribution in [2.45, 2.75) is 19.8 Å². The molecule has 4 heteroatoms. The molecule has 0 amide bonds. The van der Waals surface area contributed by atoms with E-state index in [1.54, 1.807) is 0 Å².